The summed E-state index contributed by atoms with van der Waals surface area (Å²) in [5.74, 6) is 0.386. The molecule has 1 saturated carbocycles. The van der Waals surface area contributed by atoms with Crippen molar-refractivity contribution in [1.82, 2.24) is 10.2 Å². The Balaban J connectivity index is 2.42. The fourth-order valence-electron chi connectivity index (χ4n) is 2.21. The maximum atomic E-state index is 11.9. The van der Waals surface area contributed by atoms with Crippen molar-refractivity contribution in [1.29, 1.82) is 0 Å². The van der Waals surface area contributed by atoms with E-state index >= 15 is 0 Å². The van der Waals surface area contributed by atoms with Crippen LogP contribution < -0.4 is 5.32 Å². The number of amides is 1. The summed E-state index contributed by atoms with van der Waals surface area (Å²) in [6, 6.07) is 0.502. The molecule has 0 bridgehead atoms. The first-order chi connectivity index (χ1) is 6.66. The van der Waals surface area contributed by atoms with Crippen molar-refractivity contribution in [3.8, 4) is 0 Å². The summed E-state index contributed by atoms with van der Waals surface area (Å²) in [6.45, 7) is 2.76. The molecule has 0 aromatic carbocycles. The molecular weight excluding hydrogens is 176 g/mol. The average Bonchev–Trinajstić information content (AvgIpc) is 2.68. The van der Waals surface area contributed by atoms with Gasteiger partial charge in [0.05, 0.1) is 0 Å². The second kappa shape index (κ2) is 5.35. The molecule has 1 atom stereocenters. The van der Waals surface area contributed by atoms with Gasteiger partial charge in [0.25, 0.3) is 0 Å². The number of nitrogens with one attached hydrogen (secondary N) is 1. The predicted octanol–water partition coefficient (Wildman–Crippen LogP) is 1.24. The van der Waals surface area contributed by atoms with E-state index in [0.29, 0.717) is 6.04 Å². The Hall–Kier alpha value is -0.570. The van der Waals surface area contributed by atoms with Gasteiger partial charge >= 0.3 is 0 Å². The Morgan fingerprint density at radius 1 is 1.50 bits per heavy atom. The van der Waals surface area contributed by atoms with Crippen molar-refractivity contribution >= 4 is 5.91 Å². The van der Waals surface area contributed by atoms with E-state index in [1.165, 1.54) is 25.7 Å². The molecule has 82 valence electrons. The van der Waals surface area contributed by atoms with Gasteiger partial charge in [-0.1, -0.05) is 19.8 Å². The van der Waals surface area contributed by atoms with Gasteiger partial charge in [-0.3, -0.25) is 4.79 Å². The average molecular weight is 198 g/mol. The van der Waals surface area contributed by atoms with Crippen LogP contribution in [0.3, 0.4) is 0 Å². The summed E-state index contributed by atoms with van der Waals surface area (Å²) < 4.78 is 0. The van der Waals surface area contributed by atoms with Crippen LogP contribution >= 0.6 is 0 Å². The van der Waals surface area contributed by atoms with Gasteiger partial charge in [0.1, 0.15) is 0 Å². The molecule has 1 amide bonds. The molecule has 1 fully saturated rings. The molecular formula is C11H22N2O. The minimum atomic E-state index is 0.102. The fourth-order valence-corrected chi connectivity index (χ4v) is 2.21. The zero-order chi connectivity index (χ0) is 10.6. The smallest absolute Gasteiger partial charge is 0.226 e. The largest absolute Gasteiger partial charge is 0.343 e. The Bertz CT molecular complexity index is 188. The van der Waals surface area contributed by atoms with Gasteiger partial charge in [0.15, 0.2) is 0 Å². The number of nitrogens with zero attached hydrogens (tertiary/aromatic N) is 1. The SMILES string of the molecule is CNCC(C)C(=O)N(C)C1CCCC1. The lowest BCUT2D eigenvalue weighted by Gasteiger charge is -2.27. The van der Waals surface area contributed by atoms with Gasteiger partial charge in [-0.25, -0.2) is 0 Å². The molecule has 0 aromatic rings. The third-order valence-electron chi connectivity index (χ3n) is 3.15. The lowest BCUT2D eigenvalue weighted by atomic mass is 10.1. The Labute approximate surface area is 86.9 Å². The first-order valence-corrected chi connectivity index (χ1v) is 5.58. The van der Waals surface area contributed by atoms with Crippen molar-refractivity contribution in [3.05, 3.63) is 0 Å². The third kappa shape index (κ3) is 2.71. The summed E-state index contributed by atoms with van der Waals surface area (Å²) in [7, 11) is 3.84. The quantitative estimate of drug-likeness (QED) is 0.737. The number of hydrogen-bond donors (Lipinski definition) is 1. The van der Waals surface area contributed by atoms with Crippen molar-refractivity contribution in [2.45, 2.75) is 38.6 Å². The predicted molar refractivity (Wildman–Crippen MR) is 58.1 cm³/mol. The zero-order valence-corrected chi connectivity index (χ0v) is 9.55. The molecule has 0 saturated heterocycles. The summed E-state index contributed by atoms with van der Waals surface area (Å²) in [6.07, 6.45) is 4.94. The van der Waals surface area contributed by atoms with Crippen LogP contribution in [0.5, 0.6) is 0 Å². The van der Waals surface area contributed by atoms with E-state index in [-0.39, 0.29) is 11.8 Å². The van der Waals surface area contributed by atoms with Gasteiger partial charge in [0, 0.05) is 25.6 Å². The highest BCUT2D eigenvalue weighted by Crippen LogP contribution is 2.23. The van der Waals surface area contributed by atoms with E-state index in [1.807, 2.05) is 25.9 Å². The van der Waals surface area contributed by atoms with E-state index in [9.17, 15) is 4.79 Å². The maximum Gasteiger partial charge on any atom is 0.226 e. The van der Waals surface area contributed by atoms with Gasteiger partial charge in [-0.15, -0.1) is 0 Å². The minimum absolute atomic E-state index is 0.102. The highest BCUT2D eigenvalue weighted by Gasteiger charge is 2.25. The zero-order valence-electron chi connectivity index (χ0n) is 9.55. The second-order valence-corrected chi connectivity index (χ2v) is 4.35. The minimum Gasteiger partial charge on any atom is -0.343 e. The summed E-state index contributed by atoms with van der Waals surface area (Å²) in [4.78, 5) is 13.9. The Kier molecular flexibility index (Phi) is 4.39. The van der Waals surface area contributed by atoms with Crippen molar-refractivity contribution in [2.75, 3.05) is 20.6 Å². The number of carbonyl (C=O) groups excluding carboxylic acids is 1. The number of hydrogen-bond acceptors (Lipinski definition) is 2. The molecule has 0 spiro atoms. The molecule has 3 nitrogen and oxygen atoms in total. The van der Waals surface area contributed by atoms with E-state index in [0.717, 1.165) is 6.54 Å². The molecule has 1 rings (SSSR count). The van der Waals surface area contributed by atoms with Crippen LogP contribution in [0.1, 0.15) is 32.6 Å². The van der Waals surface area contributed by atoms with E-state index in [2.05, 4.69) is 5.32 Å². The van der Waals surface area contributed by atoms with E-state index < -0.39 is 0 Å². The van der Waals surface area contributed by atoms with Crippen molar-refractivity contribution < 1.29 is 4.79 Å². The van der Waals surface area contributed by atoms with Crippen LogP contribution in [-0.4, -0.2) is 37.5 Å². The van der Waals surface area contributed by atoms with Crippen LogP contribution in [0.4, 0.5) is 0 Å². The van der Waals surface area contributed by atoms with Gasteiger partial charge in [-0.05, 0) is 19.9 Å². The molecule has 0 radical (unpaired) electrons. The lowest BCUT2D eigenvalue weighted by molar-refractivity contribution is -0.135. The van der Waals surface area contributed by atoms with Crippen molar-refractivity contribution in [3.63, 3.8) is 0 Å². The van der Waals surface area contributed by atoms with E-state index in [4.69, 9.17) is 0 Å². The van der Waals surface area contributed by atoms with Gasteiger partial charge in [0.2, 0.25) is 5.91 Å². The fraction of sp³-hybridized carbons (Fsp3) is 0.909. The van der Waals surface area contributed by atoms with Crippen LogP contribution in [0.15, 0.2) is 0 Å². The first-order valence-electron chi connectivity index (χ1n) is 5.58. The molecule has 1 aliphatic rings. The van der Waals surface area contributed by atoms with Gasteiger partial charge in [-0.2, -0.15) is 0 Å². The molecule has 1 aliphatic carbocycles. The number of rotatable bonds is 4. The molecule has 14 heavy (non-hydrogen) atoms. The summed E-state index contributed by atoms with van der Waals surface area (Å²) in [5.41, 5.74) is 0. The van der Waals surface area contributed by atoms with Crippen LogP contribution in [-0.2, 0) is 4.79 Å². The highest BCUT2D eigenvalue weighted by molar-refractivity contribution is 5.78. The van der Waals surface area contributed by atoms with Crippen molar-refractivity contribution in [2.24, 2.45) is 5.92 Å². The second-order valence-electron chi connectivity index (χ2n) is 4.35. The molecule has 1 N–H and O–H groups in total. The number of carbonyl (C=O) groups is 1. The van der Waals surface area contributed by atoms with Crippen LogP contribution in [0.25, 0.3) is 0 Å². The maximum absolute atomic E-state index is 11.9. The van der Waals surface area contributed by atoms with E-state index in [1.54, 1.807) is 0 Å². The third-order valence-corrected chi connectivity index (χ3v) is 3.15. The first kappa shape index (κ1) is 11.5. The molecule has 3 heteroatoms. The summed E-state index contributed by atoms with van der Waals surface area (Å²) in [5, 5.41) is 3.05. The van der Waals surface area contributed by atoms with Gasteiger partial charge < -0.3 is 10.2 Å². The Morgan fingerprint density at radius 2 is 2.07 bits per heavy atom. The molecule has 0 aromatic heterocycles. The topological polar surface area (TPSA) is 32.3 Å². The van der Waals surface area contributed by atoms with Crippen LogP contribution in [0.2, 0.25) is 0 Å². The molecule has 0 aliphatic heterocycles. The molecule has 0 heterocycles. The Morgan fingerprint density at radius 3 is 2.57 bits per heavy atom. The standard InChI is InChI=1S/C11H22N2O/c1-9(8-12-2)11(14)13(3)10-6-4-5-7-10/h9-10,12H,4-8H2,1-3H3. The highest BCUT2D eigenvalue weighted by atomic mass is 16.2. The van der Waals surface area contributed by atoms with Crippen LogP contribution in [0, 0.1) is 5.92 Å². The lowest BCUT2D eigenvalue weighted by Crippen LogP contribution is -2.41. The monoisotopic (exact) mass is 198 g/mol. The summed E-state index contributed by atoms with van der Waals surface area (Å²) >= 11 is 0. The normalized spacial score (nSPS) is 19.6. The molecule has 1 unspecified atom stereocenters.